The molecular formula is C13H12IN3O2. The van der Waals surface area contributed by atoms with Gasteiger partial charge in [0.2, 0.25) is 0 Å². The minimum absolute atomic E-state index is 0.390. The predicted molar refractivity (Wildman–Crippen MR) is 80.1 cm³/mol. The summed E-state index contributed by atoms with van der Waals surface area (Å²) >= 11 is 2.03. The van der Waals surface area contributed by atoms with E-state index in [2.05, 4.69) is 10.3 Å². The number of rotatable bonds is 3. The van der Waals surface area contributed by atoms with Crippen LogP contribution < -0.4 is 0 Å². The molecule has 1 aromatic carbocycles. The Morgan fingerprint density at radius 1 is 1.42 bits per heavy atom. The van der Waals surface area contributed by atoms with Crippen LogP contribution in [0.25, 0.3) is 0 Å². The summed E-state index contributed by atoms with van der Waals surface area (Å²) in [5, 5.41) is 7.66. The number of hydrogen-bond acceptors (Lipinski definition) is 4. The van der Waals surface area contributed by atoms with E-state index in [9.17, 15) is 4.79 Å². The van der Waals surface area contributed by atoms with E-state index in [1.54, 1.807) is 13.2 Å². The molecule has 0 radical (unpaired) electrons. The van der Waals surface area contributed by atoms with E-state index in [1.165, 1.54) is 16.5 Å². The second kappa shape index (κ2) is 5.96. The van der Waals surface area contributed by atoms with Crippen LogP contribution in [-0.2, 0) is 11.9 Å². The molecule has 0 aliphatic rings. The molecule has 0 fully saturated rings. The molecule has 5 nitrogen and oxygen atoms in total. The summed E-state index contributed by atoms with van der Waals surface area (Å²) in [7, 11) is 1.68. The normalized spacial score (nSPS) is 10.9. The highest BCUT2D eigenvalue weighted by atomic mass is 127. The smallest absolute Gasteiger partial charge is 0.311 e. The molecule has 0 aliphatic carbocycles. The summed E-state index contributed by atoms with van der Waals surface area (Å²) < 4.78 is 2.20. The van der Waals surface area contributed by atoms with Crippen LogP contribution in [0, 0.1) is 10.5 Å². The Kier molecular flexibility index (Phi) is 4.31. The Bertz CT molecular complexity index is 598. The van der Waals surface area contributed by atoms with Crippen molar-refractivity contribution in [2.75, 3.05) is 0 Å². The molecule has 0 saturated heterocycles. The van der Waals surface area contributed by atoms with Gasteiger partial charge in [0.25, 0.3) is 0 Å². The summed E-state index contributed by atoms with van der Waals surface area (Å²) in [6.07, 6.45) is 3.10. The lowest BCUT2D eigenvalue weighted by atomic mass is 10.2. The van der Waals surface area contributed by atoms with E-state index in [-0.39, 0.29) is 0 Å². The number of benzene rings is 1. The van der Waals surface area contributed by atoms with Crippen molar-refractivity contribution in [3.05, 3.63) is 50.9 Å². The van der Waals surface area contributed by atoms with Crippen LogP contribution in [-0.4, -0.2) is 22.0 Å². The maximum Gasteiger partial charge on any atom is 0.384 e. The SMILES string of the molecule is Cc1ccc(/C=N/OC(=O)c2c(I)cnn2C)cc1. The maximum absolute atomic E-state index is 11.8. The lowest BCUT2D eigenvalue weighted by molar-refractivity contribution is 0.0505. The molecule has 0 saturated carbocycles. The summed E-state index contributed by atoms with van der Waals surface area (Å²) in [5.41, 5.74) is 2.43. The molecule has 0 atom stereocenters. The van der Waals surface area contributed by atoms with Gasteiger partial charge in [-0.1, -0.05) is 35.0 Å². The monoisotopic (exact) mass is 369 g/mol. The Hall–Kier alpha value is -1.70. The van der Waals surface area contributed by atoms with Crippen molar-refractivity contribution in [1.82, 2.24) is 9.78 Å². The molecular weight excluding hydrogens is 357 g/mol. The quantitative estimate of drug-likeness (QED) is 0.362. The molecule has 19 heavy (non-hydrogen) atoms. The van der Waals surface area contributed by atoms with E-state index >= 15 is 0 Å². The molecule has 0 aliphatic heterocycles. The minimum Gasteiger partial charge on any atom is -0.311 e. The number of carbonyl (C=O) groups excluding carboxylic acids is 1. The topological polar surface area (TPSA) is 56.5 Å². The standard InChI is InChI=1S/C13H12IN3O2/c1-9-3-5-10(6-4-9)7-16-19-13(18)12-11(14)8-15-17(12)2/h3-8H,1-2H3/b16-7+. The number of carbonyl (C=O) groups is 1. The highest BCUT2D eigenvalue weighted by Gasteiger charge is 2.16. The molecule has 0 amide bonds. The highest BCUT2D eigenvalue weighted by molar-refractivity contribution is 14.1. The van der Waals surface area contributed by atoms with Gasteiger partial charge in [-0.2, -0.15) is 5.10 Å². The molecule has 2 rings (SSSR count). The average Bonchev–Trinajstić information content (AvgIpc) is 2.71. The molecule has 98 valence electrons. The number of aromatic nitrogens is 2. The lowest BCUT2D eigenvalue weighted by Crippen LogP contribution is -2.09. The fourth-order valence-electron chi connectivity index (χ4n) is 1.47. The van der Waals surface area contributed by atoms with Crippen molar-refractivity contribution >= 4 is 34.8 Å². The van der Waals surface area contributed by atoms with E-state index in [0.29, 0.717) is 5.69 Å². The van der Waals surface area contributed by atoms with Crippen molar-refractivity contribution in [1.29, 1.82) is 0 Å². The van der Waals surface area contributed by atoms with Gasteiger partial charge in [0.15, 0.2) is 5.69 Å². The van der Waals surface area contributed by atoms with Crippen molar-refractivity contribution in [2.45, 2.75) is 6.92 Å². The van der Waals surface area contributed by atoms with Crippen LogP contribution in [0.15, 0.2) is 35.6 Å². The summed E-state index contributed by atoms with van der Waals surface area (Å²) in [5.74, 6) is -0.521. The second-order valence-corrected chi connectivity index (χ2v) is 5.15. The van der Waals surface area contributed by atoms with Gasteiger partial charge in [-0.3, -0.25) is 4.68 Å². The number of oxime groups is 1. The maximum atomic E-state index is 11.8. The Morgan fingerprint density at radius 3 is 2.68 bits per heavy atom. The fraction of sp³-hybridized carbons (Fsp3) is 0.154. The van der Waals surface area contributed by atoms with Crippen LogP contribution in [0.3, 0.4) is 0 Å². The molecule has 6 heteroatoms. The number of aryl methyl sites for hydroxylation is 2. The van der Waals surface area contributed by atoms with Crippen LogP contribution >= 0.6 is 22.6 Å². The van der Waals surface area contributed by atoms with E-state index in [4.69, 9.17) is 4.84 Å². The van der Waals surface area contributed by atoms with Gasteiger partial charge >= 0.3 is 5.97 Å². The number of hydrogen-bond donors (Lipinski definition) is 0. The number of nitrogens with zero attached hydrogens (tertiary/aromatic N) is 3. The average molecular weight is 369 g/mol. The van der Waals surface area contributed by atoms with E-state index in [0.717, 1.165) is 9.13 Å². The molecule has 0 N–H and O–H groups in total. The third kappa shape index (κ3) is 3.40. The van der Waals surface area contributed by atoms with Gasteiger partial charge in [-0.25, -0.2) is 4.79 Å². The van der Waals surface area contributed by atoms with E-state index in [1.807, 2.05) is 53.8 Å². The van der Waals surface area contributed by atoms with Crippen molar-refractivity contribution in [3.8, 4) is 0 Å². The lowest BCUT2D eigenvalue weighted by Gasteiger charge is -1.99. The molecule has 1 heterocycles. The van der Waals surface area contributed by atoms with Crippen molar-refractivity contribution < 1.29 is 9.63 Å². The van der Waals surface area contributed by atoms with Crippen LogP contribution in [0.5, 0.6) is 0 Å². The zero-order valence-corrected chi connectivity index (χ0v) is 12.7. The van der Waals surface area contributed by atoms with Gasteiger partial charge in [-0.05, 0) is 35.1 Å². The summed E-state index contributed by atoms with van der Waals surface area (Å²) in [6.45, 7) is 2.01. The first-order chi connectivity index (χ1) is 9.08. The van der Waals surface area contributed by atoms with Crippen LogP contribution in [0.4, 0.5) is 0 Å². The summed E-state index contributed by atoms with van der Waals surface area (Å²) in [4.78, 5) is 16.6. The van der Waals surface area contributed by atoms with Crippen LogP contribution in [0.1, 0.15) is 21.6 Å². The molecule has 0 unspecified atom stereocenters. The van der Waals surface area contributed by atoms with Gasteiger partial charge in [0, 0.05) is 7.05 Å². The largest absolute Gasteiger partial charge is 0.384 e. The van der Waals surface area contributed by atoms with Gasteiger partial charge in [0.05, 0.1) is 16.0 Å². The van der Waals surface area contributed by atoms with Crippen LogP contribution in [0.2, 0.25) is 0 Å². The van der Waals surface area contributed by atoms with Crippen molar-refractivity contribution in [2.24, 2.45) is 12.2 Å². The highest BCUT2D eigenvalue weighted by Crippen LogP contribution is 2.11. The third-order valence-corrected chi connectivity index (χ3v) is 3.29. The first-order valence-corrected chi connectivity index (χ1v) is 6.64. The second-order valence-electron chi connectivity index (χ2n) is 3.99. The fourth-order valence-corrected chi connectivity index (χ4v) is 2.17. The first kappa shape index (κ1) is 13.7. The molecule has 0 bridgehead atoms. The predicted octanol–water partition coefficient (Wildman–Crippen LogP) is 2.52. The van der Waals surface area contributed by atoms with Gasteiger partial charge in [0.1, 0.15) is 0 Å². The molecule has 0 spiro atoms. The van der Waals surface area contributed by atoms with Crippen molar-refractivity contribution in [3.63, 3.8) is 0 Å². The van der Waals surface area contributed by atoms with E-state index < -0.39 is 5.97 Å². The minimum atomic E-state index is -0.521. The van der Waals surface area contributed by atoms with Gasteiger partial charge < -0.3 is 4.84 Å². The Balaban J connectivity index is 2.03. The number of halogens is 1. The Morgan fingerprint density at radius 2 is 2.11 bits per heavy atom. The van der Waals surface area contributed by atoms with Gasteiger partial charge in [-0.15, -0.1) is 0 Å². The zero-order chi connectivity index (χ0) is 13.8. The third-order valence-electron chi connectivity index (χ3n) is 2.50. The molecule has 1 aromatic heterocycles. The molecule has 2 aromatic rings. The zero-order valence-electron chi connectivity index (χ0n) is 10.5. The first-order valence-electron chi connectivity index (χ1n) is 5.57. The summed E-state index contributed by atoms with van der Waals surface area (Å²) in [6, 6.07) is 7.74. The Labute approximate surface area is 124 Å².